The predicted molar refractivity (Wildman–Crippen MR) is 133 cm³/mol. The first kappa shape index (κ1) is 26.6. The highest BCUT2D eigenvalue weighted by atomic mass is 19.4. The zero-order valence-electron chi connectivity index (χ0n) is 20.6. The average molecular weight is 529 g/mol. The molecule has 0 unspecified atom stereocenters. The number of ether oxygens (including phenoxy) is 1. The Kier molecular flexibility index (Phi) is 7.07. The Morgan fingerprint density at radius 3 is 2.37 bits per heavy atom. The third-order valence-electron chi connectivity index (χ3n) is 5.40. The van der Waals surface area contributed by atoms with Crippen molar-refractivity contribution >= 4 is 17.3 Å². The molecule has 12 heteroatoms. The van der Waals surface area contributed by atoms with Crippen molar-refractivity contribution in [1.29, 1.82) is 0 Å². The van der Waals surface area contributed by atoms with Gasteiger partial charge in [-0.3, -0.25) is 10.1 Å². The van der Waals surface area contributed by atoms with Crippen molar-refractivity contribution in [3.05, 3.63) is 93.9 Å². The lowest BCUT2D eigenvalue weighted by Crippen LogP contribution is -2.24. The van der Waals surface area contributed by atoms with Crippen LogP contribution in [0.2, 0.25) is 0 Å². The molecule has 0 spiro atoms. The van der Waals surface area contributed by atoms with E-state index in [0.29, 0.717) is 22.6 Å². The van der Waals surface area contributed by atoms with Crippen LogP contribution in [0.25, 0.3) is 11.3 Å². The van der Waals surface area contributed by atoms with Crippen LogP contribution in [0.5, 0.6) is 5.75 Å². The number of anilines is 2. The first-order chi connectivity index (χ1) is 17.8. The molecule has 0 saturated carbocycles. The van der Waals surface area contributed by atoms with E-state index in [2.05, 4.69) is 15.4 Å². The molecular formula is C26H23F4N5O3. The number of nitrogens with zero attached hydrogens (tertiary/aromatic N) is 4. The number of nitro groups is 1. The predicted octanol–water partition coefficient (Wildman–Crippen LogP) is 7.09. The molecule has 0 amide bonds. The topological polar surface area (TPSA) is 95.1 Å². The normalized spacial score (nSPS) is 11.9. The van der Waals surface area contributed by atoms with E-state index in [1.54, 1.807) is 10.7 Å². The minimum Gasteiger partial charge on any atom is -0.482 e. The number of hydrogen-bond donors (Lipinski definition) is 1. The lowest BCUT2D eigenvalue weighted by Gasteiger charge is -2.22. The Balaban J connectivity index is 1.69. The second-order valence-electron chi connectivity index (χ2n) is 9.38. The Hall–Kier alpha value is -4.48. The molecule has 0 saturated heterocycles. The van der Waals surface area contributed by atoms with Gasteiger partial charge in [-0.2, -0.15) is 18.3 Å². The number of hydrogen-bond acceptors (Lipinski definition) is 6. The second kappa shape index (κ2) is 10.1. The molecule has 0 atom stereocenters. The molecule has 2 aromatic carbocycles. The van der Waals surface area contributed by atoms with Crippen LogP contribution in [0.4, 0.5) is 34.9 Å². The summed E-state index contributed by atoms with van der Waals surface area (Å²) >= 11 is 0. The summed E-state index contributed by atoms with van der Waals surface area (Å²) in [7, 11) is 0. The van der Waals surface area contributed by atoms with E-state index in [9.17, 15) is 27.7 Å². The fraction of sp³-hybridized carbons (Fsp3) is 0.231. The second-order valence-corrected chi connectivity index (χ2v) is 9.38. The number of rotatable bonds is 7. The third-order valence-corrected chi connectivity index (χ3v) is 5.40. The van der Waals surface area contributed by atoms with Gasteiger partial charge in [-0.25, -0.2) is 14.1 Å². The smallest absolute Gasteiger partial charge is 0.433 e. The highest BCUT2D eigenvalue weighted by Crippen LogP contribution is 2.35. The van der Waals surface area contributed by atoms with E-state index < -0.39 is 28.1 Å². The minimum atomic E-state index is -4.60. The molecule has 198 valence electrons. The van der Waals surface area contributed by atoms with Crippen molar-refractivity contribution in [2.45, 2.75) is 39.1 Å². The molecule has 0 aliphatic rings. The molecule has 0 bridgehead atoms. The van der Waals surface area contributed by atoms with Crippen LogP contribution < -0.4 is 10.1 Å². The summed E-state index contributed by atoms with van der Waals surface area (Å²) in [5, 5.41) is 19.1. The van der Waals surface area contributed by atoms with Gasteiger partial charge in [0, 0.05) is 17.7 Å². The van der Waals surface area contributed by atoms with Gasteiger partial charge in [0.2, 0.25) is 0 Å². The van der Waals surface area contributed by atoms with Crippen molar-refractivity contribution < 1.29 is 27.2 Å². The Bertz CT molecular complexity index is 1460. The molecule has 2 aromatic heterocycles. The van der Waals surface area contributed by atoms with E-state index in [1.165, 1.54) is 54.6 Å². The van der Waals surface area contributed by atoms with Crippen LogP contribution in [-0.2, 0) is 18.3 Å². The summed E-state index contributed by atoms with van der Waals surface area (Å²) in [5.41, 5.74) is -0.391. The Labute approximate surface area is 215 Å². The SMILES string of the molecule is CC(C)(C)n1nc(-c2ccc([N+](=O)[O-])c(OCc3ccc(F)cc3)c2)cc1Nc1cccc(C(F)(F)F)n1. The van der Waals surface area contributed by atoms with Gasteiger partial charge in [0.05, 0.1) is 16.2 Å². The van der Waals surface area contributed by atoms with Crippen LogP contribution in [0, 0.1) is 15.9 Å². The van der Waals surface area contributed by atoms with E-state index >= 15 is 0 Å². The van der Waals surface area contributed by atoms with Gasteiger partial charge in [0.25, 0.3) is 0 Å². The Morgan fingerprint density at radius 2 is 1.74 bits per heavy atom. The molecule has 4 rings (SSSR count). The number of halogens is 4. The molecule has 8 nitrogen and oxygen atoms in total. The molecule has 2 heterocycles. The third kappa shape index (κ3) is 6.07. The first-order valence-corrected chi connectivity index (χ1v) is 11.4. The van der Waals surface area contributed by atoms with Crippen LogP contribution in [0.3, 0.4) is 0 Å². The van der Waals surface area contributed by atoms with Gasteiger partial charge in [-0.1, -0.05) is 18.2 Å². The number of alkyl halides is 3. The van der Waals surface area contributed by atoms with Crippen molar-refractivity contribution in [3.8, 4) is 17.0 Å². The molecular weight excluding hydrogens is 506 g/mol. The lowest BCUT2D eigenvalue weighted by molar-refractivity contribution is -0.385. The monoisotopic (exact) mass is 529 g/mol. The van der Waals surface area contributed by atoms with Crippen molar-refractivity contribution in [2.24, 2.45) is 0 Å². The summed E-state index contributed by atoms with van der Waals surface area (Å²) in [6.45, 7) is 5.56. The quantitative estimate of drug-likeness (QED) is 0.156. The maximum Gasteiger partial charge on any atom is 0.433 e. The van der Waals surface area contributed by atoms with Crippen LogP contribution in [0.1, 0.15) is 32.0 Å². The number of nitrogens with one attached hydrogen (secondary N) is 1. The minimum absolute atomic E-state index is 0.0174. The number of pyridine rings is 1. The average Bonchev–Trinajstić information content (AvgIpc) is 3.27. The van der Waals surface area contributed by atoms with E-state index in [4.69, 9.17) is 4.74 Å². The van der Waals surface area contributed by atoms with Gasteiger partial charge < -0.3 is 10.1 Å². The van der Waals surface area contributed by atoms with Gasteiger partial charge in [-0.05, 0) is 62.7 Å². The molecule has 4 aromatic rings. The van der Waals surface area contributed by atoms with Crippen LogP contribution >= 0.6 is 0 Å². The molecule has 0 radical (unpaired) electrons. The zero-order valence-corrected chi connectivity index (χ0v) is 20.6. The van der Waals surface area contributed by atoms with E-state index in [-0.39, 0.29) is 23.9 Å². The molecule has 1 N–H and O–H groups in total. The van der Waals surface area contributed by atoms with Gasteiger partial charge in [0.15, 0.2) is 5.75 Å². The zero-order chi connectivity index (χ0) is 27.7. The van der Waals surface area contributed by atoms with Gasteiger partial charge in [0.1, 0.15) is 29.8 Å². The van der Waals surface area contributed by atoms with Crippen LogP contribution in [0.15, 0.2) is 66.7 Å². The number of nitro benzene ring substituents is 1. The van der Waals surface area contributed by atoms with Crippen molar-refractivity contribution in [2.75, 3.05) is 5.32 Å². The summed E-state index contributed by atoms with van der Waals surface area (Å²) in [6.07, 6.45) is -4.60. The van der Waals surface area contributed by atoms with Crippen LogP contribution in [-0.4, -0.2) is 19.7 Å². The molecule has 0 fully saturated rings. The summed E-state index contributed by atoms with van der Waals surface area (Å²) in [6, 6.07) is 14.9. The summed E-state index contributed by atoms with van der Waals surface area (Å²) < 4.78 is 59.9. The summed E-state index contributed by atoms with van der Waals surface area (Å²) in [5.74, 6) is -0.0904. The largest absolute Gasteiger partial charge is 0.482 e. The fourth-order valence-electron chi connectivity index (χ4n) is 3.60. The van der Waals surface area contributed by atoms with E-state index in [1.807, 2.05) is 20.8 Å². The highest BCUT2D eigenvalue weighted by molar-refractivity contribution is 5.69. The summed E-state index contributed by atoms with van der Waals surface area (Å²) in [4.78, 5) is 14.6. The van der Waals surface area contributed by atoms with Gasteiger partial charge in [-0.15, -0.1) is 0 Å². The van der Waals surface area contributed by atoms with E-state index in [0.717, 1.165) is 6.07 Å². The molecule has 0 aliphatic carbocycles. The maximum atomic E-state index is 13.2. The fourth-order valence-corrected chi connectivity index (χ4v) is 3.60. The number of aromatic nitrogens is 3. The maximum absolute atomic E-state index is 13.2. The lowest BCUT2D eigenvalue weighted by atomic mass is 10.1. The highest BCUT2D eigenvalue weighted by Gasteiger charge is 2.32. The number of benzene rings is 2. The standard InChI is InChI=1S/C26H23F4N5O3/c1-25(2,3)34-24(32-23-6-4-5-22(31-23)26(28,29)30)14-19(33-34)17-9-12-20(35(36)37)21(13-17)38-15-16-7-10-18(27)11-8-16/h4-14H,15H2,1-3H3,(H,31,32). The molecule has 38 heavy (non-hydrogen) atoms. The van der Waals surface area contributed by atoms with Gasteiger partial charge >= 0.3 is 11.9 Å². The van der Waals surface area contributed by atoms with Crippen molar-refractivity contribution in [3.63, 3.8) is 0 Å². The Morgan fingerprint density at radius 1 is 1.03 bits per heavy atom. The first-order valence-electron chi connectivity index (χ1n) is 11.4. The molecule has 0 aliphatic heterocycles. The van der Waals surface area contributed by atoms with Crippen molar-refractivity contribution in [1.82, 2.24) is 14.8 Å².